The van der Waals surface area contributed by atoms with Crippen LogP contribution in [0, 0.1) is 5.82 Å². The number of amides is 3. The molecule has 1 aliphatic heterocycles. The second-order valence-electron chi connectivity index (χ2n) is 7.45. The molecule has 10 heteroatoms. The van der Waals surface area contributed by atoms with Gasteiger partial charge in [-0.3, -0.25) is 4.79 Å². The number of nitrogens with zero attached hydrogens (tertiary/aromatic N) is 2. The molecule has 174 valence electrons. The predicted octanol–water partition coefficient (Wildman–Crippen LogP) is 4.81. The summed E-state index contributed by atoms with van der Waals surface area (Å²) in [5.74, 6) is -2.02. The van der Waals surface area contributed by atoms with E-state index in [1.165, 1.54) is 11.9 Å². The van der Waals surface area contributed by atoms with Crippen molar-refractivity contribution in [3.05, 3.63) is 95.3 Å². The number of benzodiazepines with no additional fused rings is 1. The molecule has 2 N–H and O–H groups in total. The first-order valence-electron chi connectivity index (χ1n) is 10.1. The minimum Gasteiger partial charge on any atom is -0.311 e. The van der Waals surface area contributed by atoms with Crippen LogP contribution >= 0.6 is 0 Å². The highest BCUT2D eigenvalue weighted by molar-refractivity contribution is 6.20. The van der Waals surface area contributed by atoms with Crippen LogP contribution in [0.3, 0.4) is 0 Å². The van der Waals surface area contributed by atoms with Crippen molar-refractivity contribution in [3.63, 3.8) is 0 Å². The van der Waals surface area contributed by atoms with Gasteiger partial charge in [-0.15, -0.1) is 0 Å². The van der Waals surface area contributed by atoms with E-state index in [-0.39, 0.29) is 5.69 Å². The van der Waals surface area contributed by atoms with Gasteiger partial charge in [-0.25, -0.2) is 14.2 Å². The lowest BCUT2D eigenvalue weighted by atomic mass is 10.0. The summed E-state index contributed by atoms with van der Waals surface area (Å²) in [6.45, 7) is 0. The van der Waals surface area contributed by atoms with Gasteiger partial charge >= 0.3 is 12.2 Å². The Morgan fingerprint density at radius 3 is 2.38 bits per heavy atom. The number of hydrogen-bond donors (Lipinski definition) is 2. The summed E-state index contributed by atoms with van der Waals surface area (Å²) >= 11 is 0. The van der Waals surface area contributed by atoms with E-state index in [1.807, 2.05) is 6.07 Å². The average Bonchev–Trinajstić information content (AvgIpc) is 2.91. The van der Waals surface area contributed by atoms with E-state index in [1.54, 1.807) is 48.5 Å². The van der Waals surface area contributed by atoms with Gasteiger partial charge in [0.1, 0.15) is 5.82 Å². The highest BCUT2D eigenvalue weighted by Gasteiger charge is 2.35. The maximum absolute atomic E-state index is 13.5. The number of hydrogen-bond acceptors (Lipinski definition) is 3. The van der Waals surface area contributed by atoms with Crippen molar-refractivity contribution in [3.8, 4) is 0 Å². The van der Waals surface area contributed by atoms with Crippen LogP contribution in [0.1, 0.15) is 16.7 Å². The molecule has 0 bridgehead atoms. The SMILES string of the molecule is CN1C(=O)[C@@H](NC(=O)Nc2ccc(F)c(C(F)(F)F)c2)N=C(c2ccccc2)c2ccccc21. The lowest BCUT2D eigenvalue weighted by Crippen LogP contribution is -2.47. The third-order valence-corrected chi connectivity index (χ3v) is 5.19. The van der Waals surface area contributed by atoms with Gasteiger partial charge in [0.25, 0.3) is 5.91 Å². The number of nitrogens with one attached hydrogen (secondary N) is 2. The number of anilines is 2. The number of rotatable bonds is 3. The Bertz CT molecular complexity index is 1280. The summed E-state index contributed by atoms with van der Waals surface area (Å²) in [5, 5.41) is 4.59. The van der Waals surface area contributed by atoms with Crippen molar-refractivity contribution >= 4 is 29.0 Å². The number of aliphatic imine (C=N–C) groups is 1. The van der Waals surface area contributed by atoms with Crippen molar-refractivity contribution in [2.24, 2.45) is 4.99 Å². The predicted molar refractivity (Wildman–Crippen MR) is 119 cm³/mol. The molecule has 0 radical (unpaired) electrons. The molecule has 0 aliphatic carbocycles. The van der Waals surface area contributed by atoms with Crippen molar-refractivity contribution < 1.29 is 27.2 Å². The number of carbonyl (C=O) groups is 2. The number of alkyl halides is 3. The minimum absolute atomic E-state index is 0.295. The molecule has 6 nitrogen and oxygen atoms in total. The number of halogens is 4. The van der Waals surface area contributed by atoms with E-state index in [4.69, 9.17) is 0 Å². The highest BCUT2D eigenvalue weighted by atomic mass is 19.4. The third kappa shape index (κ3) is 4.61. The quantitative estimate of drug-likeness (QED) is 0.540. The molecule has 34 heavy (non-hydrogen) atoms. The van der Waals surface area contributed by atoms with Crippen molar-refractivity contribution in [2.45, 2.75) is 12.3 Å². The highest BCUT2D eigenvalue weighted by Crippen LogP contribution is 2.33. The lowest BCUT2D eigenvalue weighted by Gasteiger charge is -2.21. The number of fused-ring (bicyclic) bond motifs is 1. The number of para-hydroxylation sites is 1. The Hall–Kier alpha value is -4.21. The largest absolute Gasteiger partial charge is 0.419 e. The maximum atomic E-state index is 13.5. The normalized spacial score (nSPS) is 15.8. The molecule has 1 heterocycles. The molecular weight excluding hydrogens is 452 g/mol. The van der Waals surface area contributed by atoms with Crippen LogP contribution in [0.5, 0.6) is 0 Å². The number of likely N-dealkylation sites (N-methyl/N-ethyl adjacent to an activating group) is 1. The smallest absolute Gasteiger partial charge is 0.311 e. The average molecular weight is 470 g/mol. The summed E-state index contributed by atoms with van der Waals surface area (Å²) < 4.78 is 52.5. The molecule has 1 atom stereocenters. The Morgan fingerprint density at radius 2 is 1.68 bits per heavy atom. The first kappa shape index (κ1) is 23.0. The molecule has 0 fully saturated rings. The molecule has 0 saturated heterocycles. The molecule has 4 rings (SSSR count). The van der Waals surface area contributed by atoms with Gasteiger partial charge in [0.15, 0.2) is 0 Å². The molecule has 3 amide bonds. The monoisotopic (exact) mass is 470 g/mol. The number of urea groups is 1. The van der Waals surface area contributed by atoms with Crippen LogP contribution < -0.4 is 15.5 Å². The van der Waals surface area contributed by atoms with Crippen molar-refractivity contribution in [1.82, 2.24) is 5.32 Å². The first-order valence-corrected chi connectivity index (χ1v) is 10.1. The fourth-order valence-electron chi connectivity index (χ4n) is 3.55. The zero-order valence-corrected chi connectivity index (χ0v) is 17.7. The summed E-state index contributed by atoms with van der Waals surface area (Å²) in [6, 6.07) is 17.2. The zero-order valence-electron chi connectivity index (χ0n) is 17.7. The van der Waals surface area contributed by atoms with E-state index in [0.29, 0.717) is 34.7 Å². The molecule has 1 aliphatic rings. The molecule has 0 saturated carbocycles. The molecule has 0 aromatic heterocycles. The molecule has 3 aromatic rings. The molecule has 3 aromatic carbocycles. The molecular formula is C24H18F4N4O2. The Balaban J connectivity index is 1.65. The fraction of sp³-hybridized carbons (Fsp3) is 0.125. The number of benzene rings is 3. The summed E-state index contributed by atoms with van der Waals surface area (Å²) in [5.41, 5.74) is 0.598. The Labute approximate surface area is 191 Å². The molecule has 0 spiro atoms. The summed E-state index contributed by atoms with van der Waals surface area (Å²) in [4.78, 5) is 31.5. The van der Waals surface area contributed by atoms with Crippen LogP contribution in [0.4, 0.5) is 33.7 Å². The molecule has 0 unspecified atom stereocenters. The van der Waals surface area contributed by atoms with Gasteiger partial charge in [0.2, 0.25) is 6.17 Å². The van der Waals surface area contributed by atoms with Gasteiger partial charge in [-0.1, -0.05) is 48.5 Å². The van der Waals surface area contributed by atoms with Gasteiger partial charge in [0, 0.05) is 23.9 Å². The lowest BCUT2D eigenvalue weighted by molar-refractivity contribution is -0.139. The first-order chi connectivity index (χ1) is 16.1. The van der Waals surface area contributed by atoms with Crippen LogP contribution in [0.25, 0.3) is 0 Å². The Morgan fingerprint density at radius 1 is 1.00 bits per heavy atom. The summed E-state index contributed by atoms with van der Waals surface area (Å²) in [7, 11) is 1.53. The second-order valence-corrected chi connectivity index (χ2v) is 7.45. The van der Waals surface area contributed by atoms with Gasteiger partial charge in [-0.05, 0) is 24.3 Å². The van der Waals surface area contributed by atoms with E-state index in [2.05, 4.69) is 15.6 Å². The van der Waals surface area contributed by atoms with Gasteiger partial charge in [0.05, 0.1) is 17.0 Å². The Kier molecular flexibility index (Phi) is 6.06. The van der Waals surface area contributed by atoms with Crippen molar-refractivity contribution in [1.29, 1.82) is 0 Å². The van der Waals surface area contributed by atoms with Gasteiger partial charge < -0.3 is 15.5 Å². The van der Waals surface area contributed by atoms with Crippen LogP contribution in [0.15, 0.2) is 77.8 Å². The van der Waals surface area contributed by atoms with E-state index < -0.39 is 35.7 Å². The minimum atomic E-state index is -4.93. The van der Waals surface area contributed by atoms with E-state index in [0.717, 1.165) is 6.07 Å². The third-order valence-electron chi connectivity index (χ3n) is 5.19. The van der Waals surface area contributed by atoms with E-state index >= 15 is 0 Å². The summed E-state index contributed by atoms with van der Waals surface area (Å²) in [6.07, 6.45) is -6.30. The van der Waals surface area contributed by atoms with Crippen LogP contribution in [-0.4, -0.2) is 30.9 Å². The van der Waals surface area contributed by atoms with Gasteiger partial charge in [-0.2, -0.15) is 13.2 Å². The number of carbonyl (C=O) groups excluding carboxylic acids is 2. The standard InChI is InChI=1S/C24H18F4N4O2/c1-32-19-10-6-5-9-16(19)20(14-7-3-2-4-8-14)30-21(22(32)33)31-23(34)29-15-11-12-18(25)17(13-15)24(26,27)28/h2-13,21H,1H3,(H2,29,31,34)/t21-/m1/s1. The zero-order chi connectivity index (χ0) is 24.5. The topological polar surface area (TPSA) is 73.8 Å². The fourth-order valence-corrected chi connectivity index (χ4v) is 3.55. The second kappa shape index (κ2) is 8.97. The maximum Gasteiger partial charge on any atom is 0.419 e. The van der Waals surface area contributed by atoms with E-state index in [9.17, 15) is 27.2 Å². The van der Waals surface area contributed by atoms with Crippen LogP contribution in [-0.2, 0) is 11.0 Å². The van der Waals surface area contributed by atoms with Crippen molar-refractivity contribution in [2.75, 3.05) is 17.3 Å². The van der Waals surface area contributed by atoms with Crippen LogP contribution in [0.2, 0.25) is 0 Å².